The van der Waals surface area contributed by atoms with Crippen LogP contribution in [0.3, 0.4) is 0 Å². The predicted octanol–water partition coefficient (Wildman–Crippen LogP) is 0.309. The lowest BCUT2D eigenvalue weighted by Gasteiger charge is -2.13. The maximum Gasteiger partial charge on any atom is 0.303 e. The summed E-state index contributed by atoms with van der Waals surface area (Å²) in [6.45, 7) is 6.01. The number of likely N-dealkylation sites (tertiary alicyclic amines) is 1. The number of hydrogen-bond donors (Lipinski definition) is 2. The summed E-state index contributed by atoms with van der Waals surface area (Å²) in [7, 11) is 0. The Bertz CT molecular complexity index is 256. The van der Waals surface area contributed by atoms with Gasteiger partial charge < -0.3 is 15.3 Å². The van der Waals surface area contributed by atoms with Crippen molar-refractivity contribution >= 4 is 11.9 Å². The topological polar surface area (TPSA) is 69.6 Å². The van der Waals surface area contributed by atoms with E-state index in [4.69, 9.17) is 5.11 Å². The molecule has 1 saturated heterocycles. The van der Waals surface area contributed by atoms with E-state index in [2.05, 4.69) is 17.1 Å². The summed E-state index contributed by atoms with van der Waals surface area (Å²) in [5.41, 5.74) is 0. The number of carboxylic acid groups (broad SMARTS) is 1. The van der Waals surface area contributed by atoms with Gasteiger partial charge in [-0.3, -0.25) is 9.59 Å². The molecule has 1 rings (SSSR count). The quantitative estimate of drug-likeness (QED) is 0.686. The van der Waals surface area contributed by atoms with Crippen LogP contribution in [0.15, 0.2) is 0 Å². The Morgan fingerprint density at radius 3 is 2.75 bits per heavy atom. The average molecular weight is 228 g/mol. The third kappa shape index (κ3) is 4.61. The fourth-order valence-electron chi connectivity index (χ4n) is 1.93. The molecule has 0 aromatic heterocycles. The largest absolute Gasteiger partial charge is 0.481 e. The highest BCUT2D eigenvalue weighted by Gasteiger charge is 2.21. The summed E-state index contributed by atoms with van der Waals surface area (Å²) >= 11 is 0. The van der Waals surface area contributed by atoms with Crippen LogP contribution in [0.5, 0.6) is 0 Å². The molecule has 1 heterocycles. The zero-order valence-corrected chi connectivity index (χ0v) is 9.74. The predicted molar refractivity (Wildman–Crippen MR) is 60.1 cm³/mol. The second-order valence-corrected chi connectivity index (χ2v) is 4.25. The van der Waals surface area contributed by atoms with Gasteiger partial charge in [0.2, 0.25) is 5.91 Å². The summed E-state index contributed by atoms with van der Waals surface area (Å²) in [6.07, 6.45) is 1.12. The lowest BCUT2D eigenvalue weighted by Crippen LogP contribution is -2.31. The Kier molecular flexibility index (Phi) is 5.25. The van der Waals surface area contributed by atoms with Crippen LogP contribution in [0, 0.1) is 5.92 Å². The van der Waals surface area contributed by atoms with Crippen molar-refractivity contribution in [3.8, 4) is 0 Å². The van der Waals surface area contributed by atoms with Crippen LogP contribution in [0.1, 0.15) is 26.2 Å². The van der Waals surface area contributed by atoms with Crippen LogP contribution < -0.4 is 5.32 Å². The maximum absolute atomic E-state index is 11.3. The second kappa shape index (κ2) is 6.48. The molecule has 5 nitrogen and oxygen atoms in total. The zero-order valence-electron chi connectivity index (χ0n) is 9.74. The van der Waals surface area contributed by atoms with E-state index >= 15 is 0 Å². The molecular formula is C11H20N2O3. The molecule has 2 N–H and O–H groups in total. The SMILES string of the molecule is CCN1CCC(CNC(=O)CCC(=O)O)C1. The van der Waals surface area contributed by atoms with Crippen molar-refractivity contribution in [1.82, 2.24) is 10.2 Å². The number of amides is 1. The van der Waals surface area contributed by atoms with E-state index in [-0.39, 0.29) is 18.7 Å². The standard InChI is InChI=1S/C11H20N2O3/c1-2-13-6-5-9(8-13)7-12-10(14)3-4-11(15)16/h9H,2-8H2,1H3,(H,12,14)(H,15,16). The first-order valence-corrected chi connectivity index (χ1v) is 5.82. The van der Waals surface area contributed by atoms with Crippen molar-refractivity contribution in [3.05, 3.63) is 0 Å². The monoisotopic (exact) mass is 228 g/mol. The van der Waals surface area contributed by atoms with Gasteiger partial charge in [0.15, 0.2) is 0 Å². The molecule has 0 bridgehead atoms. The van der Waals surface area contributed by atoms with Gasteiger partial charge in [0.1, 0.15) is 0 Å². The third-order valence-corrected chi connectivity index (χ3v) is 2.97. The molecule has 92 valence electrons. The summed E-state index contributed by atoms with van der Waals surface area (Å²) in [5.74, 6) is -0.556. The van der Waals surface area contributed by atoms with Gasteiger partial charge in [-0.05, 0) is 25.4 Å². The smallest absolute Gasteiger partial charge is 0.303 e. The molecule has 1 unspecified atom stereocenters. The normalized spacial score (nSPS) is 20.9. The van der Waals surface area contributed by atoms with E-state index in [1.165, 1.54) is 0 Å². The van der Waals surface area contributed by atoms with Gasteiger partial charge in [0, 0.05) is 19.5 Å². The number of carboxylic acids is 1. The summed E-state index contributed by atoms with van der Waals surface area (Å²) in [6, 6.07) is 0. The molecule has 16 heavy (non-hydrogen) atoms. The van der Waals surface area contributed by atoms with Gasteiger partial charge in [0.05, 0.1) is 6.42 Å². The molecule has 0 saturated carbocycles. The van der Waals surface area contributed by atoms with E-state index in [1.54, 1.807) is 0 Å². The molecule has 0 aliphatic carbocycles. The summed E-state index contributed by atoms with van der Waals surface area (Å²) in [5, 5.41) is 11.2. The Morgan fingerprint density at radius 1 is 1.44 bits per heavy atom. The fraction of sp³-hybridized carbons (Fsp3) is 0.818. The molecule has 0 radical (unpaired) electrons. The van der Waals surface area contributed by atoms with Crippen molar-refractivity contribution in [3.63, 3.8) is 0 Å². The number of nitrogens with zero attached hydrogens (tertiary/aromatic N) is 1. The van der Waals surface area contributed by atoms with Crippen LogP contribution in [0.4, 0.5) is 0 Å². The van der Waals surface area contributed by atoms with Crippen molar-refractivity contribution in [2.24, 2.45) is 5.92 Å². The highest BCUT2D eigenvalue weighted by molar-refractivity contribution is 5.80. The van der Waals surface area contributed by atoms with Gasteiger partial charge in [0.25, 0.3) is 0 Å². The molecule has 5 heteroatoms. The summed E-state index contributed by atoms with van der Waals surface area (Å²) < 4.78 is 0. The number of carbonyl (C=O) groups excluding carboxylic acids is 1. The van der Waals surface area contributed by atoms with Crippen molar-refractivity contribution in [2.45, 2.75) is 26.2 Å². The highest BCUT2D eigenvalue weighted by Crippen LogP contribution is 2.14. The lowest BCUT2D eigenvalue weighted by molar-refractivity contribution is -0.138. The maximum atomic E-state index is 11.3. The first-order valence-electron chi connectivity index (χ1n) is 5.82. The van der Waals surface area contributed by atoms with Crippen LogP contribution in [0.25, 0.3) is 0 Å². The number of aliphatic carboxylic acids is 1. The van der Waals surface area contributed by atoms with E-state index in [1.807, 2.05) is 0 Å². The lowest BCUT2D eigenvalue weighted by atomic mass is 10.1. The van der Waals surface area contributed by atoms with Gasteiger partial charge in [-0.1, -0.05) is 6.92 Å². The Morgan fingerprint density at radius 2 is 2.19 bits per heavy atom. The number of nitrogens with one attached hydrogen (secondary N) is 1. The molecule has 1 aliphatic rings. The molecule has 1 aliphatic heterocycles. The van der Waals surface area contributed by atoms with E-state index < -0.39 is 5.97 Å². The highest BCUT2D eigenvalue weighted by atomic mass is 16.4. The van der Waals surface area contributed by atoms with E-state index in [0.717, 1.165) is 26.1 Å². The molecule has 1 atom stereocenters. The zero-order chi connectivity index (χ0) is 12.0. The van der Waals surface area contributed by atoms with Gasteiger partial charge >= 0.3 is 5.97 Å². The van der Waals surface area contributed by atoms with Crippen LogP contribution in [-0.4, -0.2) is 48.1 Å². The van der Waals surface area contributed by atoms with Crippen LogP contribution >= 0.6 is 0 Å². The number of hydrogen-bond acceptors (Lipinski definition) is 3. The Balaban J connectivity index is 2.10. The third-order valence-electron chi connectivity index (χ3n) is 2.97. The Labute approximate surface area is 95.8 Å². The molecule has 0 aromatic carbocycles. The van der Waals surface area contributed by atoms with E-state index in [0.29, 0.717) is 12.5 Å². The minimum absolute atomic E-state index is 0.0829. The van der Waals surface area contributed by atoms with Crippen LogP contribution in [-0.2, 0) is 9.59 Å². The fourth-order valence-corrected chi connectivity index (χ4v) is 1.93. The van der Waals surface area contributed by atoms with Gasteiger partial charge in [-0.2, -0.15) is 0 Å². The molecule has 1 amide bonds. The summed E-state index contributed by atoms with van der Waals surface area (Å²) in [4.78, 5) is 23.9. The van der Waals surface area contributed by atoms with Gasteiger partial charge in [-0.25, -0.2) is 0 Å². The molecule has 0 spiro atoms. The minimum Gasteiger partial charge on any atom is -0.481 e. The first kappa shape index (κ1) is 13.0. The van der Waals surface area contributed by atoms with Gasteiger partial charge in [-0.15, -0.1) is 0 Å². The second-order valence-electron chi connectivity index (χ2n) is 4.25. The molecular weight excluding hydrogens is 208 g/mol. The first-order chi connectivity index (χ1) is 7.61. The Hall–Kier alpha value is -1.10. The number of carbonyl (C=O) groups is 2. The minimum atomic E-state index is -0.923. The van der Waals surface area contributed by atoms with Crippen LogP contribution in [0.2, 0.25) is 0 Å². The molecule has 1 fully saturated rings. The van der Waals surface area contributed by atoms with Crippen molar-refractivity contribution in [2.75, 3.05) is 26.2 Å². The van der Waals surface area contributed by atoms with Crippen molar-refractivity contribution in [1.29, 1.82) is 0 Å². The van der Waals surface area contributed by atoms with Crippen molar-refractivity contribution < 1.29 is 14.7 Å². The number of rotatable bonds is 6. The molecule has 0 aromatic rings. The average Bonchev–Trinajstić information content (AvgIpc) is 2.71. The van der Waals surface area contributed by atoms with E-state index in [9.17, 15) is 9.59 Å².